The van der Waals surface area contributed by atoms with Gasteiger partial charge in [0.15, 0.2) is 11.6 Å². The van der Waals surface area contributed by atoms with Gasteiger partial charge in [0.2, 0.25) is 11.7 Å². The maximum Gasteiger partial charge on any atom is 0.293 e. The number of piperazine rings is 1. The molecule has 1 aliphatic heterocycles. The quantitative estimate of drug-likeness (QED) is 0.310. The van der Waals surface area contributed by atoms with Gasteiger partial charge in [-0.25, -0.2) is 4.98 Å². The van der Waals surface area contributed by atoms with E-state index >= 15 is 0 Å². The van der Waals surface area contributed by atoms with Gasteiger partial charge in [-0.1, -0.05) is 12.1 Å². The summed E-state index contributed by atoms with van der Waals surface area (Å²) >= 11 is 0. The zero-order chi connectivity index (χ0) is 22.8. The van der Waals surface area contributed by atoms with Crippen LogP contribution in [0.15, 0.2) is 35.1 Å². The van der Waals surface area contributed by atoms with Gasteiger partial charge in [-0.15, -0.1) is 0 Å². The largest absolute Gasteiger partial charge is 0.363 e. The first-order chi connectivity index (χ1) is 15.4. The summed E-state index contributed by atoms with van der Waals surface area (Å²) in [5, 5.41) is 15.7. The van der Waals surface area contributed by atoms with Crippen molar-refractivity contribution in [3.63, 3.8) is 0 Å². The lowest BCUT2D eigenvalue weighted by Crippen LogP contribution is -2.47. The summed E-state index contributed by atoms with van der Waals surface area (Å²) in [5.41, 5.74) is 0.658. The van der Waals surface area contributed by atoms with Gasteiger partial charge < -0.3 is 14.0 Å². The van der Waals surface area contributed by atoms with Gasteiger partial charge in [0.25, 0.3) is 5.69 Å². The normalized spacial score (nSPS) is 15.7. The minimum Gasteiger partial charge on any atom is -0.363 e. The Morgan fingerprint density at radius 3 is 2.62 bits per heavy atom. The average Bonchev–Trinajstić information content (AvgIpc) is 3.47. The Morgan fingerprint density at radius 2 is 2.03 bits per heavy atom. The zero-order valence-electron chi connectivity index (χ0n) is 18.3. The molecule has 0 spiro atoms. The Bertz CT molecular complexity index is 1130. The third-order valence-corrected chi connectivity index (χ3v) is 5.82. The fraction of sp³-hybridized carbons (Fsp3) is 0.429. The van der Waals surface area contributed by atoms with Crippen molar-refractivity contribution in [2.45, 2.75) is 26.3 Å². The molecule has 3 aromatic rings. The Labute approximate surface area is 184 Å². The topological polar surface area (TPSA) is 123 Å². The highest BCUT2D eigenvalue weighted by atomic mass is 16.6. The third kappa shape index (κ3) is 4.11. The number of benzene rings is 1. The molecule has 0 N–H and O–H groups in total. The lowest BCUT2D eigenvalue weighted by Gasteiger charge is -2.37. The molecule has 3 heterocycles. The van der Waals surface area contributed by atoms with Gasteiger partial charge in [-0.3, -0.25) is 19.8 Å². The highest BCUT2D eigenvalue weighted by molar-refractivity contribution is 6.07. The van der Waals surface area contributed by atoms with E-state index in [1.165, 1.54) is 12.3 Å². The molecule has 0 bridgehead atoms. The Morgan fingerprint density at radius 1 is 1.28 bits per heavy atom. The van der Waals surface area contributed by atoms with Crippen LogP contribution in [0.4, 0.5) is 11.4 Å². The van der Waals surface area contributed by atoms with Crippen LogP contribution < -0.4 is 4.90 Å². The molecule has 11 heteroatoms. The molecule has 1 aromatic carbocycles. The lowest BCUT2D eigenvalue weighted by molar-refractivity contribution is -0.384. The molecular weight excluding hydrogens is 414 g/mol. The van der Waals surface area contributed by atoms with E-state index in [1.807, 2.05) is 18.7 Å². The molecule has 0 saturated carbocycles. The predicted octanol–water partition coefficient (Wildman–Crippen LogP) is 2.39. The number of hydrogen-bond acceptors (Lipinski definition) is 9. The van der Waals surface area contributed by atoms with Crippen molar-refractivity contribution >= 4 is 17.2 Å². The summed E-state index contributed by atoms with van der Waals surface area (Å²) in [6.07, 6.45) is 3.90. The molecule has 0 amide bonds. The number of ketones is 1. The van der Waals surface area contributed by atoms with Gasteiger partial charge in [0.05, 0.1) is 11.0 Å². The second kappa shape index (κ2) is 8.87. The first-order valence-electron chi connectivity index (χ1n) is 10.5. The number of aromatic nitrogens is 4. The third-order valence-electron chi connectivity index (χ3n) is 5.82. The zero-order valence-corrected chi connectivity index (χ0v) is 18.3. The minimum atomic E-state index is -0.440. The van der Waals surface area contributed by atoms with Crippen LogP contribution in [0.3, 0.4) is 0 Å². The Balaban J connectivity index is 1.50. The van der Waals surface area contributed by atoms with Crippen molar-refractivity contribution in [2.24, 2.45) is 7.05 Å². The second-order valence-electron chi connectivity index (χ2n) is 7.75. The molecule has 1 fully saturated rings. The molecule has 168 valence electrons. The number of nitro benzene ring substituents is 1. The summed E-state index contributed by atoms with van der Waals surface area (Å²) in [6, 6.07) is 4.59. The molecule has 1 unspecified atom stereocenters. The Kier molecular flexibility index (Phi) is 5.99. The fourth-order valence-corrected chi connectivity index (χ4v) is 3.88. The van der Waals surface area contributed by atoms with E-state index in [0.717, 1.165) is 0 Å². The smallest absolute Gasteiger partial charge is 0.293 e. The second-order valence-corrected chi connectivity index (χ2v) is 7.75. The molecular formula is C21H25N7O4. The lowest BCUT2D eigenvalue weighted by atomic mass is 10.1. The standard InChI is InChI=1S/C21H25N7O4/c1-4-18-23-21(32-24-18)14(2)26-9-11-27(12-10-26)16-6-5-15(13-17(16)28(30)31)19(29)20-22-7-8-25(20)3/h5-8,13-14H,4,9-12H2,1-3H3. The van der Waals surface area contributed by atoms with Crippen LogP contribution in [-0.2, 0) is 13.5 Å². The van der Waals surface area contributed by atoms with Crippen LogP contribution >= 0.6 is 0 Å². The molecule has 0 aliphatic carbocycles. The van der Waals surface area contributed by atoms with E-state index in [1.54, 1.807) is 29.9 Å². The summed E-state index contributed by atoms with van der Waals surface area (Å²) in [7, 11) is 1.71. The first kappa shape index (κ1) is 21.6. The highest BCUT2D eigenvalue weighted by Crippen LogP contribution is 2.32. The molecule has 32 heavy (non-hydrogen) atoms. The van der Waals surface area contributed by atoms with Crippen molar-refractivity contribution in [3.05, 3.63) is 63.8 Å². The van der Waals surface area contributed by atoms with Crippen molar-refractivity contribution in [3.8, 4) is 0 Å². The highest BCUT2D eigenvalue weighted by Gasteiger charge is 2.29. The van der Waals surface area contributed by atoms with E-state index < -0.39 is 4.92 Å². The number of imidazole rings is 1. The number of nitro groups is 1. The van der Waals surface area contributed by atoms with E-state index in [-0.39, 0.29) is 28.9 Å². The van der Waals surface area contributed by atoms with Crippen LogP contribution in [-0.4, -0.2) is 61.5 Å². The van der Waals surface area contributed by atoms with Gasteiger partial charge in [0.1, 0.15) is 5.69 Å². The van der Waals surface area contributed by atoms with Crippen molar-refractivity contribution in [1.82, 2.24) is 24.6 Å². The van der Waals surface area contributed by atoms with E-state index in [2.05, 4.69) is 20.0 Å². The van der Waals surface area contributed by atoms with Gasteiger partial charge in [-0.2, -0.15) is 4.98 Å². The maximum atomic E-state index is 12.7. The molecule has 0 radical (unpaired) electrons. The monoisotopic (exact) mass is 439 g/mol. The van der Waals surface area contributed by atoms with Gasteiger partial charge in [-0.05, 0) is 19.1 Å². The van der Waals surface area contributed by atoms with Crippen molar-refractivity contribution in [2.75, 3.05) is 31.1 Å². The summed E-state index contributed by atoms with van der Waals surface area (Å²) in [5.74, 6) is 1.15. The van der Waals surface area contributed by atoms with Crippen LogP contribution in [0.2, 0.25) is 0 Å². The average molecular weight is 439 g/mol. The molecule has 1 atom stereocenters. The molecule has 1 aliphatic rings. The predicted molar refractivity (Wildman–Crippen MR) is 116 cm³/mol. The van der Waals surface area contributed by atoms with Crippen LogP contribution in [0.1, 0.15) is 47.8 Å². The number of carbonyl (C=O) groups is 1. The number of nitrogens with zero attached hydrogens (tertiary/aromatic N) is 7. The number of anilines is 1. The molecule has 11 nitrogen and oxygen atoms in total. The summed E-state index contributed by atoms with van der Waals surface area (Å²) in [4.78, 5) is 36.7. The SMILES string of the molecule is CCc1noc(C(C)N2CCN(c3ccc(C(=O)c4nccn4C)cc3[N+](=O)[O-])CC2)n1. The van der Waals surface area contributed by atoms with Crippen molar-refractivity contribution < 1.29 is 14.2 Å². The molecule has 4 rings (SSSR count). The minimum absolute atomic E-state index is 0.0299. The Hall–Kier alpha value is -3.60. The van der Waals surface area contributed by atoms with Crippen molar-refractivity contribution in [1.29, 1.82) is 0 Å². The molecule has 2 aromatic heterocycles. The van der Waals surface area contributed by atoms with E-state index in [9.17, 15) is 14.9 Å². The number of hydrogen-bond donors (Lipinski definition) is 0. The maximum absolute atomic E-state index is 12.7. The van der Waals surface area contributed by atoms with Crippen LogP contribution in [0.5, 0.6) is 0 Å². The number of aryl methyl sites for hydroxylation is 2. The fourth-order valence-electron chi connectivity index (χ4n) is 3.88. The van der Waals surface area contributed by atoms with Crippen LogP contribution in [0.25, 0.3) is 0 Å². The molecule has 1 saturated heterocycles. The number of carbonyl (C=O) groups excluding carboxylic acids is 1. The summed E-state index contributed by atoms with van der Waals surface area (Å²) in [6.45, 7) is 6.58. The van der Waals surface area contributed by atoms with E-state index in [4.69, 9.17) is 4.52 Å². The summed E-state index contributed by atoms with van der Waals surface area (Å²) < 4.78 is 6.96. The first-order valence-corrected chi connectivity index (χ1v) is 10.5. The number of rotatable bonds is 7. The van der Waals surface area contributed by atoms with Gasteiger partial charge in [0, 0.05) is 63.7 Å². The van der Waals surface area contributed by atoms with Gasteiger partial charge >= 0.3 is 0 Å². The van der Waals surface area contributed by atoms with E-state index in [0.29, 0.717) is 50.0 Å². The van der Waals surface area contributed by atoms with Crippen LogP contribution in [0, 0.1) is 10.1 Å².